The number of nitrogens with one attached hydrogen (secondary N) is 1. The van der Waals surface area contributed by atoms with Gasteiger partial charge < -0.3 is 15.5 Å². The first-order chi connectivity index (χ1) is 8.60. The third-order valence-electron chi connectivity index (χ3n) is 2.58. The maximum Gasteiger partial charge on any atom is 0.293 e. The third kappa shape index (κ3) is 2.57. The summed E-state index contributed by atoms with van der Waals surface area (Å²) in [7, 11) is 0. The van der Waals surface area contributed by atoms with E-state index in [1.807, 2.05) is 32.0 Å². The summed E-state index contributed by atoms with van der Waals surface area (Å²) in [4.78, 5) is 15.8. The lowest BCUT2D eigenvalue weighted by Gasteiger charge is -2.07. The molecule has 0 radical (unpaired) electrons. The van der Waals surface area contributed by atoms with Crippen LogP contribution in [0.25, 0.3) is 0 Å². The molecule has 0 aliphatic carbocycles. The van der Waals surface area contributed by atoms with Gasteiger partial charge >= 0.3 is 0 Å². The molecule has 1 aromatic heterocycles. The highest BCUT2D eigenvalue weighted by atomic mass is 16.4. The molecule has 2 aromatic rings. The Morgan fingerprint density at radius 2 is 2.22 bits per heavy atom. The number of carbonyl (C=O) groups excluding carboxylic acids is 1. The number of anilines is 1. The second-order valence-electron chi connectivity index (χ2n) is 4.09. The maximum absolute atomic E-state index is 11.9. The molecule has 0 saturated heterocycles. The molecule has 18 heavy (non-hydrogen) atoms. The van der Waals surface area contributed by atoms with Crippen molar-refractivity contribution < 1.29 is 9.21 Å². The fourth-order valence-electron chi connectivity index (χ4n) is 1.65. The molecule has 2 rings (SSSR count). The molecule has 3 N–H and O–H groups in total. The highest BCUT2D eigenvalue weighted by Gasteiger charge is 2.12. The number of carbonyl (C=O) groups is 1. The molecule has 0 aliphatic heterocycles. The van der Waals surface area contributed by atoms with Crippen molar-refractivity contribution in [3.8, 4) is 0 Å². The van der Waals surface area contributed by atoms with Crippen molar-refractivity contribution in [3.05, 3.63) is 47.2 Å². The summed E-state index contributed by atoms with van der Waals surface area (Å²) in [5.74, 6) is 0.186. The second-order valence-corrected chi connectivity index (χ2v) is 4.09. The van der Waals surface area contributed by atoms with Gasteiger partial charge in [-0.2, -0.15) is 0 Å². The van der Waals surface area contributed by atoms with Gasteiger partial charge in [-0.25, -0.2) is 4.98 Å². The topological polar surface area (TPSA) is 81.2 Å². The van der Waals surface area contributed by atoms with E-state index in [0.717, 1.165) is 16.8 Å². The van der Waals surface area contributed by atoms with Crippen molar-refractivity contribution in [1.82, 2.24) is 4.98 Å². The first-order valence-electron chi connectivity index (χ1n) is 5.63. The summed E-state index contributed by atoms with van der Waals surface area (Å²) >= 11 is 0. The van der Waals surface area contributed by atoms with E-state index in [2.05, 4.69) is 10.3 Å². The molecule has 0 unspecified atom stereocenters. The molecule has 0 aliphatic rings. The number of benzene rings is 1. The zero-order valence-electron chi connectivity index (χ0n) is 10.4. The van der Waals surface area contributed by atoms with Crippen LogP contribution in [0.1, 0.15) is 27.6 Å². The highest BCUT2D eigenvalue weighted by Crippen LogP contribution is 2.17. The van der Waals surface area contributed by atoms with Crippen molar-refractivity contribution in [2.24, 2.45) is 5.73 Å². The standard InChI is InChI=1S/C13H15N3O2/c1-8-3-4-10(9(2)5-8)16-13(17)11-7-15-12(6-14)18-11/h3-5,7H,6,14H2,1-2H3,(H,16,17). The van der Waals surface area contributed by atoms with Crippen molar-refractivity contribution in [1.29, 1.82) is 0 Å². The Balaban J connectivity index is 2.16. The number of nitrogens with zero attached hydrogens (tertiary/aromatic N) is 1. The highest BCUT2D eigenvalue weighted by molar-refractivity contribution is 6.02. The Hall–Kier alpha value is -2.14. The minimum atomic E-state index is -0.325. The fourth-order valence-corrected chi connectivity index (χ4v) is 1.65. The fraction of sp³-hybridized carbons (Fsp3) is 0.231. The Labute approximate surface area is 105 Å². The van der Waals surface area contributed by atoms with E-state index in [0.29, 0.717) is 5.89 Å². The molecule has 0 atom stereocenters. The number of hydrogen-bond donors (Lipinski definition) is 2. The number of rotatable bonds is 3. The molecule has 1 amide bonds. The minimum absolute atomic E-state index is 0.162. The van der Waals surface area contributed by atoms with Crippen LogP contribution in [0.5, 0.6) is 0 Å². The number of aromatic nitrogens is 1. The number of oxazole rings is 1. The Bertz CT molecular complexity index is 575. The van der Waals surface area contributed by atoms with Gasteiger partial charge in [0.1, 0.15) is 0 Å². The largest absolute Gasteiger partial charge is 0.434 e. The van der Waals surface area contributed by atoms with Gasteiger partial charge in [-0.3, -0.25) is 4.79 Å². The van der Waals surface area contributed by atoms with E-state index in [9.17, 15) is 4.79 Å². The maximum atomic E-state index is 11.9. The Morgan fingerprint density at radius 1 is 1.44 bits per heavy atom. The molecular formula is C13H15N3O2. The van der Waals surface area contributed by atoms with Gasteiger partial charge in [-0.1, -0.05) is 17.7 Å². The summed E-state index contributed by atoms with van der Waals surface area (Å²) < 4.78 is 5.18. The van der Waals surface area contributed by atoms with Gasteiger partial charge in [0, 0.05) is 5.69 Å². The van der Waals surface area contributed by atoms with Crippen LogP contribution in [0.3, 0.4) is 0 Å². The Morgan fingerprint density at radius 3 is 2.83 bits per heavy atom. The van der Waals surface area contributed by atoms with Crippen LogP contribution in [0, 0.1) is 13.8 Å². The van der Waals surface area contributed by atoms with E-state index in [1.165, 1.54) is 6.20 Å². The van der Waals surface area contributed by atoms with Gasteiger partial charge in [0.15, 0.2) is 0 Å². The molecule has 1 aromatic carbocycles. The van der Waals surface area contributed by atoms with Gasteiger partial charge in [0.05, 0.1) is 12.7 Å². The third-order valence-corrected chi connectivity index (χ3v) is 2.58. The lowest BCUT2D eigenvalue weighted by molar-refractivity contribution is 0.0995. The first-order valence-corrected chi connectivity index (χ1v) is 5.63. The van der Waals surface area contributed by atoms with E-state index in [1.54, 1.807) is 0 Å². The zero-order valence-corrected chi connectivity index (χ0v) is 10.4. The number of aryl methyl sites for hydroxylation is 2. The smallest absolute Gasteiger partial charge is 0.293 e. The summed E-state index contributed by atoms with van der Waals surface area (Å²) in [6.45, 7) is 4.12. The summed E-state index contributed by atoms with van der Waals surface area (Å²) in [5, 5.41) is 2.78. The molecule has 0 spiro atoms. The van der Waals surface area contributed by atoms with Crippen LogP contribution in [-0.2, 0) is 6.54 Å². The van der Waals surface area contributed by atoms with Crippen molar-refractivity contribution in [2.75, 3.05) is 5.32 Å². The number of amides is 1. The number of nitrogens with two attached hydrogens (primary N) is 1. The summed E-state index contributed by atoms with van der Waals surface area (Å²) in [6.07, 6.45) is 1.38. The lowest BCUT2D eigenvalue weighted by atomic mass is 10.1. The quantitative estimate of drug-likeness (QED) is 0.866. The monoisotopic (exact) mass is 245 g/mol. The minimum Gasteiger partial charge on any atom is -0.434 e. The van der Waals surface area contributed by atoms with Crippen LogP contribution in [-0.4, -0.2) is 10.9 Å². The molecule has 94 valence electrons. The molecule has 5 heteroatoms. The zero-order chi connectivity index (χ0) is 13.1. The summed E-state index contributed by atoms with van der Waals surface area (Å²) in [6, 6.07) is 5.80. The first kappa shape index (κ1) is 12.3. The molecule has 1 heterocycles. The molecule has 0 fully saturated rings. The van der Waals surface area contributed by atoms with Crippen LogP contribution in [0.15, 0.2) is 28.8 Å². The van der Waals surface area contributed by atoms with Crippen molar-refractivity contribution in [3.63, 3.8) is 0 Å². The average Bonchev–Trinajstić information content (AvgIpc) is 2.81. The van der Waals surface area contributed by atoms with E-state index in [-0.39, 0.29) is 18.2 Å². The normalized spacial score (nSPS) is 10.4. The van der Waals surface area contributed by atoms with Crippen LogP contribution in [0.4, 0.5) is 5.69 Å². The van der Waals surface area contributed by atoms with Crippen LogP contribution < -0.4 is 11.1 Å². The second kappa shape index (κ2) is 5.01. The van der Waals surface area contributed by atoms with Gasteiger partial charge in [0.2, 0.25) is 11.7 Å². The Kier molecular flexibility index (Phi) is 3.43. The van der Waals surface area contributed by atoms with E-state index >= 15 is 0 Å². The predicted octanol–water partition coefficient (Wildman–Crippen LogP) is 2.00. The van der Waals surface area contributed by atoms with Crippen molar-refractivity contribution >= 4 is 11.6 Å². The molecule has 5 nitrogen and oxygen atoms in total. The van der Waals surface area contributed by atoms with Gasteiger partial charge in [-0.15, -0.1) is 0 Å². The summed E-state index contributed by atoms with van der Waals surface area (Å²) in [5.41, 5.74) is 8.28. The van der Waals surface area contributed by atoms with Gasteiger partial charge in [-0.05, 0) is 25.5 Å². The predicted molar refractivity (Wildman–Crippen MR) is 68.3 cm³/mol. The van der Waals surface area contributed by atoms with Crippen LogP contribution in [0.2, 0.25) is 0 Å². The molecule has 0 bridgehead atoms. The van der Waals surface area contributed by atoms with Crippen molar-refractivity contribution in [2.45, 2.75) is 20.4 Å². The lowest BCUT2D eigenvalue weighted by Crippen LogP contribution is -2.12. The number of hydrogen-bond acceptors (Lipinski definition) is 4. The van der Waals surface area contributed by atoms with Gasteiger partial charge in [0.25, 0.3) is 5.91 Å². The van der Waals surface area contributed by atoms with E-state index < -0.39 is 0 Å². The molecule has 0 saturated carbocycles. The molecular weight excluding hydrogens is 230 g/mol. The average molecular weight is 245 g/mol. The SMILES string of the molecule is Cc1ccc(NC(=O)c2cnc(CN)o2)c(C)c1. The van der Waals surface area contributed by atoms with E-state index in [4.69, 9.17) is 10.2 Å². The van der Waals surface area contributed by atoms with Crippen LogP contribution >= 0.6 is 0 Å².